The average molecular weight is 282 g/mol. The maximum atomic E-state index is 9.36. The summed E-state index contributed by atoms with van der Waals surface area (Å²) in [6.45, 7) is 3.66. The van der Waals surface area contributed by atoms with Gasteiger partial charge in [-0.3, -0.25) is 0 Å². The normalized spacial score (nSPS) is 12.8. The van der Waals surface area contributed by atoms with Gasteiger partial charge in [0.1, 0.15) is 11.8 Å². The number of rotatable bonds is 2. The molecule has 0 spiro atoms. The monoisotopic (exact) mass is 281 g/mol. The molecule has 0 amide bonds. The Morgan fingerprint density at radius 2 is 2.12 bits per heavy atom. The molecule has 0 aliphatic rings. The summed E-state index contributed by atoms with van der Waals surface area (Å²) in [5, 5.41) is 13.3. The van der Waals surface area contributed by atoms with Crippen LogP contribution in [-0.4, -0.2) is 10.3 Å². The van der Waals surface area contributed by atoms with Crippen LogP contribution < -0.4 is 0 Å². The third-order valence-electron chi connectivity index (χ3n) is 2.40. The molecule has 0 aliphatic carbocycles. The van der Waals surface area contributed by atoms with Crippen LogP contribution in [0.4, 0.5) is 0 Å². The summed E-state index contributed by atoms with van der Waals surface area (Å²) in [6.07, 6.45) is -0.628. The lowest BCUT2D eigenvalue weighted by atomic mass is 10.1. The second-order valence-corrected chi connectivity index (χ2v) is 4.67. The molecule has 16 heavy (non-hydrogen) atoms. The number of nitrogens with zero attached hydrogens (tertiary/aromatic N) is 1. The molecule has 0 fully saturated rings. The molecular weight excluding hydrogens is 270 g/mol. The van der Waals surface area contributed by atoms with Crippen molar-refractivity contribution >= 4 is 15.9 Å². The highest BCUT2D eigenvalue weighted by atomic mass is 79.9. The predicted molar refractivity (Wildman–Crippen MR) is 65.0 cm³/mol. The number of aliphatic hydroxyl groups excluding tert-OH is 1. The molecule has 0 aliphatic heterocycles. The Balaban J connectivity index is 2.42. The Morgan fingerprint density at radius 3 is 2.69 bits per heavy atom. The van der Waals surface area contributed by atoms with Crippen LogP contribution in [-0.2, 0) is 0 Å². The minimum Gasteiger partial charge on any atom is -0.385 e. The van der Waals surface area contributed by atoms with Gasteiger partial charge < -0.3 is 9.63 Å². The fourth-order valence-electron chi connectivity index (χ4n) is 1.53. The Kier molecular flexibility index (Phi) is 3.12. The van der Waals surface area contributed by atoms with Crippen molar-refractivity contribution in [1.82, 2.24) is 5.16 Å². The van der Waals surface area contributed by atoms with E-state index in [2.05, 4.69) is 21.1 Å². The predicted octanol–water partition coefficient (Wildman–Crippen LogP) is 3.47. The van der Waals surface area contributed by atoms with Crippen LogP contribution in [0.15, 0.2) is 33.3 Å². The molecule has 84 valence electrons. The fourth-order valence-corrected chi connectivity index (χ4v) is 2.00. The molecule has 0 saturated carbocycles. The Labute approximate surface area is 102 Å². The van der Waals surface area contributed by atoms with E-state index in [4.69, 9.17) is 4.52 Å². The number of aryl methyl sites for hydroxylation is 1. The highest BCUT2D eigenvalue weighted by molar-refractivity contribution is 9.10. The molecule has 1 aromatic carbocycles. The topological polar surface area (TPSA) is 46.3 Å². The van der Waals surface area contributed by atoms with Gasteiger partial charge >= 0.3 is 0 Å². The van der Waals surface area contributed by atoms with E-state index in [9.17, 15) is 5.11 Å². The van der Waals surface area contributed by atoms with E-state index in [0.29, 0.717) is 5.76 Å². The van der Waals surface area contributed by atoms with Crippen LogP contribution in [0.3, 0.4) is 0 Å². The molecule has 4 heteroatoms. The first-order valence-corrected chi connectivity index (χ1v) is 5.78. The van der Waals surface area contributed by atoms with Gasteiger partial charge in [-0.05, 0) is 31.5 Å². The van der Waals surface area contributed by atoms with Gasteiger partial charge in [0.05, 0.1) is 0 Å². The number of halogens is 1. The highest BCUT2D eigenvalue weighted by Crippen LogP contribution is 2.27. The van der Waals surface area contributed by atoms with Crippen molar-refractivity contribution in [2.24, 2.45) is 0 Å². The smallest absolute Gasteiger partial charge is 0.165 e. The lowest BCUT2D eigenvalue weighted by molar-refractivity contribution is 0.158. The fraction of sp³-hybridized carbons (Fsp3) is 0.250. The van der Waals surface area contributed by atoms with Crippen LogP contribution in [0.5, 0.6) is 0 Å². The molecule has 0 saturated heterocycles. The Bertz CT molecular complexity index is 505. The number of aromatic nitrogens is 1. The first-order chi connectivity index (χ1) is 7.58. The zero-order valence-corrected chi connectivity index (χ0v) is 10.7. The van der Waals surface area contributed by atoms with Gasteiger partial charge in [0.15, 0.2) is 5.76 Å². The molecule has 0 radical (unpaired) electrons. The molecule has 1 atom stereocenters. The van der Waals surface area contributed by atoms with Gasteiger partial charge in [0.25, 0.3) is 0 Å². The van der Waals surface area contributed by atoms with E-state index in [1.165, 1.54) is 0 Å². The van der Waals surface area contributed by atoms with E-state index in [1.54, 1.807) is 13.0 Å². The van der Waals surface area contributed by atoms with Gasteiger partial charge in [-0.15, -0.1) is 0 Å². The third kappa shape index (κ3) is 2.18. The summed E-state index contributed by atoms with van der Waals surface area (Å²) < 4.78 is 6.09. The zero-order valence-electron chi connectivity index (χ0n) is 9.07. The van der Waals surface area contributed by atoms with Crippen molar-refractivity contribution < 1.29 is 9.63 Å². The van der Waals surface area contributed by atoms with Gasteiger partial charge in [0.2, 0.25) is 0 Å². The minimum absolute atomic E-state index is 0.484. The van der Waals surface area contributed by atoms with Crippen molar-refractivity contribution in [3.05, 3.63) is 40.1 Å². The summed E-state index contributed by atoms with van der Waals surface area (Å²) in [4.78, 5) is 0. The third-order valence-corrected chi connectivity index (χ3v) is 2.90. The summed E-state index contributed by atoms with van der Waals surface area (Å²) in [6, 6.07) is 7.72. The summed E-state index contributed by atoms with van der Waals surface area (Å²) in [5.41, 5.74) is 2.87. The van der Waals surface area contributed by atoms with Gasteiger partial charge in [0, 0.05) is 16.1 Å². The molecule has 2 aromatic rings. The number of benzene rings is 1. The second kappa shape index (κ2) is 4.39. The molecular formula is C12H12BrNO2. The molecule has 3 nitrogen and oxygen atoms in total. The molecule has 1 N–H and O–H groups in total. The van der Waals surface area contributed by atoms with Crippen LogP contribution >= 0.6 is 15.9 Å². The quantitative estimate of drug-likeness (QED) is 0.917. The van der Waals surface area contributed by atoms with E-state index in [0.717, 1.165) is 21.3 Å². The standard InChI is InChI=1S/C12H12BrNO2/c1-7-5-9(13)3-4-10(7)11-6-12(8(2)15)16-14-11/h3-6,8,15H,1-2H3. The maximum Gasteiger partial charge on any atom is 0.165 e. The summed E-state index contributed by atoms with van der Waals surface area (Å²) in [7, 11) is 0. The summed E-state index contributed by atoms with van der Waals surface area (Å²) in [5.74, 6) is 0.484. The van der Waals surface area contributed by atoms with Crippen molar-refractivity contribution in [3.8, 4) is 11.3 Å². The van der Waals surface area contributed by atoms with Crippen molar-refractivity contribution in [2.75, 3.05) is 0 Å². The largest absolute Gasteiger partial charge is 0.385 e. The van der Waals surface area contributed by atoms with E-state index < -0.39 is 6.10 Å². The molecule has 2 rings (SSSR count). The lowest BCUT2D eigenvalue weighted by Gasteiger charge is -2.01. The van der Waals surface area contributed by atoms with Crippen molar-refractivity contribution in [1.29, 1.82) is 0 Å². The van der Waals surface area contributed by atoms with Crippen LogP contribution in [0.1, 0.15) is 24.4 Å². The highest BCUT2D eigenvalue weighted by Gasteiger charge is 2.12. The zero-order chi connectivity index (χ0) is 11.7. The second-order valence-electron chi connectivity index (χ2n) is 3.75. The van der Waals surface area contributed by atoms with Crippen molar-refractivity contribution in [3.63, 3.8) is 0 Å². The van der Waals surface area contributed by atoms with E-state index >= 15 is 0 Å². The number of hydrogen-bond donors (Lipinski definition) is 1. The maximum absolute atomic E-state index is 9.36. The van der Waals surface area contributed by atoms with Gasteiger partial charge in [-0.25, -0.2) is 0 Å². The molecule has 1 unspecified atom stereocenters. The van der Waals surface area contributed by atoms with E-state index in [1.807, 2.05) is 25.1 Å². The van der Waals surface area contributed by atoms with Gasteiger partial charge in [-0.1, -0.05) is 27.2 Å². The van der Waals surface area contributed by atoms with Crippen LogP contribution in [0.25, 0.3) is 11.3 Å². The molecule has 1 heterocycles. The van der Waals surface area contributed by atoms with Crippen molar-refractivity contribution in [2.45, 2.75) is 20.0 Å². The summed E-state index contributed by atoms with van der Waals surface area (Å²) >= 11 is 3.41. The average Bonchev–Trinajstić information content (AvgIpc) is 2.66. The van der Waals surface area contributed by atoms with Gasteiger partial charge in [-0.2, -0.15) is 0 Å². The number of hydrogen-bond acceptors (Lipinski definition) is 3. The first-order valence-electron chi connectivity index (χ1n) is 4.99. The number of aliphatic hydroxyl groups is 1. The minimum atomic E-state index is -0.628. The Hall–Kier alpha value is -1.13. The first kappa shape index (κ1) is 11.4. The van der Waals surface area contributed by atoms with Crippen LogP contribution in [0, 0.1) is 6.92 Å². The Morgan fingerprint density at radius 1 is 1.38 bits per heavy atom. The van der Waals surface area contributed by atoms with Crippen LogP contribution in [0.2, 0.25) is 0 Å². The lowest BCUT2D eigenvalue weighted by Crippen LogP contribution is -1.86. The molecule has 0 bridgehead atoms. The van der Waals surface area contributed by atoms with E-state index in [-0.39, 0.29) is 0 Å². The SMILES string of the molecule is Cc1cc(Br)ccc1-c1cc(C(C)O)on1. The molecule has 1 aromatic heterocycles.